The minimum Gasteiger partial charge on any atom is -0.292 e. The topological polar surface area (TPSA) is 77.6 Å². The molecule has 7 nitrogen and oxygen atoms in total. The molecule has 0 aliphatic heterocycles. The monoisotopic (exact) mass is 330 g/mol. The van der Waals surface area contributed by atoms with E-state index in [1.165, 1.54) is 0 Å². The second kappa shape index (κ2) is 6.62. The summed E-state index contributed by atoms with van der Waals surface area (Å²) >= 11 is 5.85. The van der Waals surface area contributed by atoms with Crippen LogP contribution < -0.4 is 5.32 Å². The Labute approximate surface area is 137 Å². The highest BCUT2D eigenvalue weighted by Crippen LogP contribution is 2.10. The standard InChI is InChI=1S/C15H15ClN6O/c1-11-6-7-21(19-11)9-14(23)18-15-17-10-22(20-15)8-12-2-4-13(16)5-3-12/h2-7,10H,8-9H2,1H3,(H,18,20,23). The molecule has 0 bridgehead atoms. The van der Waals surface area contributed by atoms with E-state index in [1.54, 1.807) is 21.9 Å². The number of halogens is 1. The maximum Gasteiger partial charge on any atom is 0.248 e. The lowest BCUT2D eigenvalue weighted by atomic mass is 10.2. The molecule has 0 aliphatic carbocycles. The Balaban J connectivity index is 1.58. The minimum atomic E-state index is -0.225. The van der Waals surface area contributed by atoms with Gasteiger partial charge in [0.1, 0.15) is 12.9 Å². The van der Waals surface area contributed by atoms with Gasteiger partial charge in [-0.1, -0.05) is 23.7 Å². The first-order chi connectivity index (χ1) is 11.1. The predicted molar refractivity (Wildman–Crippen MR) is 86.2 cm³/mol. The van der Waals surface area contributed by atoms with Gasteiger partial charge in [0.15, 0.2) is 0 Å². The number of aryl methyl sites for hydroxylation is 1. The summed E-state index contributed by atoms with van der Waals surface area (Å²) in [5.41, 5.74) is 1.91. The normalized spacial score (nSPS) is 10.7. The van der Waals surface area contributed by atoms with Crippen LogP contribution in [0, 0.1) is 6.92 Å². The summed E-state index contributed by atoms with van der Waals surface area (Å²) in [6.45, 7) is 2.55. The Morgan fingerprint density at radius 3 is 2.65 bits per heavy atom. The van der Waals surface area contributed by atoms with Crippen LogP contribution >= 0.6 is 11.6 Å². The van der Waals surface area contributed by atoms with E-state index < -0.39 is 0 Å². The van der Waals surface area contributed by atoms with Crippen molar-refractivity contribution in [2.45, 2.75) is 20.0 Å². The Morgan fingerprint density at radius 1 is 1.17 bits per heavy atom. The second-order valence-electron chi connectivity index (χ2n) is 5.10. The Morgan fingerprint density at radius 2 is 1.96 bits per heavy atom. The molecule has 118 valence electrons. The molecule has 1 aromatic carbocycles. The van der Waals surface area contributed by atoms with Crippen molar-refractivity contribution >= 4 is 23.5 Å². The number of carbonyl (C=O) groups excluding carboxylic acids is 1. The molecule has 2 aromatic heterocycles. The van der Waals surface area contributed by atoms with Gasteiger partial charge < -0.3 is 0 Å². The number of benzene rings is 1. The molecule has 0 saturated heterocycles. The number of nitrogens with zero attached hydrogens (tertiary/aromatic N) is 5. The molecule has 0 unspecified atom stereocenters. The largest absolute Gasteiger partial charge is 0.292 e. The number of amides is 1. The van der Waals surface area contributed by atoms with Crippen molar-refractivity contribution in [2.24, 2.45) is 0 Å². The molecule has 3 aromatic rings. The van der Waals surface area contributed by atoms with E-state index in [9.17, 15) is 4.79 Å². The lowest BCUT2D eigenvalue weighted by Crippen LogP contribution is -2.20. The van der Waals surface area contributed by atoms with Crippen LogP contribution in [0.1, 0.15) is 11.3 Å². The van der Waals surface area contributed by atoms with Crippen molar-refractivity contribution in [1.29, 1.82) is 0 Å². The molecule has 3 rings (SSSR count). The van der Waals surface area contributed by atoms with Crippen molar-refractivity contribution in [3.8, 4) is 0 Å². The first-order valence-corrected chi connectivity index (χ1v) is 7.40. The average molecular weight is 331 g/mol. The van der Waals surface area contributed by atoms with Gasteiger partial charge in [0.2, 0.25) is 11.9 Å². The quantitative estimate of drug-likeness (QED) is 0.777. The maximum absolute atomic E-state index is 11.9. The third-order valence-corrected chi connectivity index (χ3v) is 3.38. The van der Waals surface area contributed by atoms with Crippen LogP contribution in [0.4, 0.5) is 5.95 Å². The van der Waals surface area contributed by atoms with E-state index in [-0.39, 0.29) is 18.4 Å². The molecule has 23 heavy (non-hydrogen) atoms. The van der Waals surface area contributed by atoms with Gasteiger partial charge in [-0.15, -0.1) is 5.10 Å². The van der Waals surface area contributed by atoms with E-state index >= 15 is 0 Å². The minimum absolute atomic E-state index is 0.125. The zero-order valence-electron chi connectivity index (χ0n) is 12.5. The van der Waals surface area contributed by atoms with Gasteiger partial charge in [0.25, 0.3) is 0 Å². The maximum atomic E-state index is 11.9. The zero-order valence-corrected chi connectivity index (χ0v) is 13.2. The van der Waals surface area contributed by atoms with E-state index in [0.717, 1.165) is 11.3 Å². The molecule has 0 radical (unpaired) electrons. The van der Waals surface area contributed by atoms with E-state index in [0.29, 0.717) is 11.6 Å². The average Bonchev–Trinajstić information content (AvgIpc) is 3.11. The van der Waals surface area contributed by atoms with Gasteiger partial charge in [0, 0.05) is 11.2 Å². The van der Waals surface area contributed by atoms with Crippen LogP contribution in [0.15, 0.2) is 42.9 Å². The van der Waals surface area contributed by atoms with Crippen LogP contribution in [0.3, 0.4) is 0 Å². The number of aromatic nitrogens is 5. The summed E-state index contributed by atoms with van der Waals surface area (Å²) in [6.07, 6.45) is 3.32. The lowest BCUT2D eigenvalue weighted by Gasteiger charge is -2.02. The Bertz CT molecular complexity index is 807. The lowest BCUT2D eigenvalue weighted by molar-refractivity contribution is -0.116. The molecule has 8 heteroatoms. The summed E-state index contributed by atoms with van der Waals surface area (Å²) in [7, 11) is 0. The molecule has 0 atom stereocenters. The van der Waals surface area contributed by atoms with Crippen molar-refractivity contribution in [1.82, 2.24) is 24.5 Å². The first kappa shape index (κ1) is 15.2. The van der Waals surface area contributed by atoms with Crippen LogP contribution in [-0.4, -0.2) is 30.5 Å². The molecular weight excluding hydrogens is 316 g/mol. The summed E-state index contributed by atoms with van der Waals surface area (Å²) in [6, 6.07) is 9.32. The Hall–Kier alpha value is -2.67. The number of hydrogen-bond acceptors (Lipinski definition) is 4. The highest BCUT2D eigenvalue weighted by Gasteiger charge is 2.08. The van der Waals surface area contributed by atoms with E-state index in [4.69, 9.17) is 11.6 Å². The first-order valence-electron chi connectivity index (χ1n) is 7.02. The van der Waals surface area contributed by atoms with Gasteiger partial charge in [-0.3, -0.25) is 14.8 Å². The molecule has 0 aliphatic rings. The van der Waals surface area contributed by atoms with Crippen LogP contribution in [0.25, 0.3) is 0 Å². The highest BCUT2D eigenvalue weighted by atomic mass is 35.5. The van der Waals surface area contributed by atoms with Crippen LogP contribution in [0.2, 0.25) is 5.02 Å². The van der Waals surface area contributed by atoms with Gasteiger partial charge in [-0.2, -0.15) is 5.10 Å². The molecule has 1 amide bonds. The van der Waals surface area contributed by atoms with Gasteiger partial charge in [-0.05, 0) is 30.7 Å². The smallest absolute Gasteiger partial charge is 0.248 e. The number of nitrogens with one attached hydrogen (secondary N) is 1. The molecule has 1 N–H and O–H groups in total. The highest BCUT2D eigenvalue weighted by molar-refractivity contribution is 6.30. The fourth-order valence-corrected chi connectivity index (χ4v) is 2.19. The van der Waals surface area contributed by atoms with Crippen LogP contribution in [0.5, 0.6) is 0 Å². The van der Waals surface area contributed by atoms with Gasteiger partial charge in [-0.25, -0.2) is 9.67 Å². The fraction of sp³-hybridized carbons (Fsp3) is 0.200. The van der Waals surface area contributed by atoms with Crippen molar-refractivity contribution in [3.05, 3.63) is 59.1 Å². The predicted octanol–water partition coefficient (Wildman–Crippen LogP) is 2.12. The van der Waals surface area contributed by atoms with Crippen molar-refractivity contribution in [3.63, 3.8) is 0 Å². The summed E-state index contributed by atoms with van der Waals surface area (Å²) in [5, 5.41) is 11.7. The van der Waals surface area contributed by atoms with Crippen molar-refractivity contribution < 1.29 is 4.79 Å². The van der Waals surface area contributed by atoms with Gasteiger partial charge in [0.05, 0.1) is 12.2 Å². The SMILES string of the molecule is Cc1ccn(CC(=O)Nc2ncn(Cc3ccc(Cl)cc3)n2)n1. The number of rotatable bonds is 5. The van der Waals surface area contributed by atoms with E-state index in [1.807, 2.05) is 37.3 Å². The molecule has 0 fully saturated rings. The van der Waals surface area contributed by atoms with Crippen molar-refractivity contribution in [2.75, 3.05) is 5.32 Å². The van der Waals surface area contributed by atoms with E-state index in [2.05, 4.69) is 20.5 Å². The zero-order chi connectivity index (χ0) is 16.2. The third-order valence-electron chi connectivity index (χ3n) is 3.13. The van der Waals surface area contributed by atoms with Crippen LogP contribution in [-0.2, 0) is 17.9 Å². The number of anilines is 1. The summed E-state index contributed by atoms with van der Waals surface area (Å²) in [5.74, 6) is 0.0465. The number of hydrogen-bond donors (Lipinski definition) is 1. The molecule has 2 heterocycles. The second-order valence-corrected chi connectivity index (χ2v) is 5.53. The Kier molecular flexibility index (Phi) is 4.38. The number of carbonyl (C=O) groups is 1. The van der Waals surface area contributed by atoms with Gasteiger partial charge >= 0.3 is 0 Å². The third kappa shape index (κ3) is 4.17. The summed E-state index contributed by atoms with van der Waals surface area (Å²) < 4.78 is 3.21. The molecular formula is C15H15ClN6O. The fourth-order valence-electron chi connectivity index (χ4n) is 2.07. The molecule has 0 saturated carbocycles. The molecule has 0 spiro atoms. The summed E-state index contributed by atoms with van der Waals surface area (Å²) in [4.78, 5) is 16.0.